The number of para-hydroxylation sites is 2. The number of anilines is 1. The standard InChI is InChI=1S/C23H29NO7/c1-5-27-18-12-10-9-11-17(18)24-21(25)15-31-23(26)16-13-19(28-6-2)22(30-8-4)20(14-16)29-7-3/h9-14H,5-8,15H2,1-4H3,(H,24,25). The molecular weight excluding hydrogens is 402 g/mol. The Labute approximate surface area is 182 Å². The highest BCUT2D eigenvalue weighted by Gasteiger charge is 2.20. The first kappa shape index (κ1) is 23.9. The maximum Gasteiger partial charge on any atom is 0.338 e. The summed E-state index contributed by atoms with van der Waals surface area (Å²) in [7, 11) is 0. The maximum absolute atomic E-state index is 12.6. The lowest BCUT2D eigenvalue weighted by Crippen LogP contribution is -2.21. The van der Waals surface area contributed by atoms with E-state index in [2.05, 4.69) is 5.32 Å². The molecule has 0 saturated heterocycles. The van der Waals surface area contributed by atoms with E-state index in [0.29, 0.717) is 55.1 Å². The number of carbonyl (C=O) groups excluding carboxylic acids is 2. The molecule has 0 aliphatic rings. The van der Waals surface area contributed by atoms with Crippen molar-refractivity contribution in [2.45, 2.75) is 27.7 Å². The minimum Gasteiger partial charge on any atom is -0.492 e. The number of esters is 1. The molecule has 1 N–H and O–H groups in total. The molecule has 0 aliphatic carbocycles. The molecule has 0 atom stereocenters. The summed E-state index contributed by atoms with van der Waals surface area (Å²) >= 11 is 0. The number of hydrogen-bond acceptors (Lipinski definition) is 7. The SMILES string of the molecule is CCOc1ccccc1NC(=O)COC(=O)c1cc(OCC)c(OCC)c(OCC)c1. The second kappa shape index (κ2) is 12.3. The van der Waals surface area contributed by atoms with Crippen LogP contribution < -0.4 is 24.3 Å². The van der Waals surface area contributed by atoms with E-state index in [9.17, 15) is 9.59 Å². The second-order valence-corrected chi connectivity index (χ2v) is 6.15. The fraction of sp³-hybridized carbons (Fsp3) is 0.391. The Bertz CT molecular complexity index is 855. The predicted molar refractivity (Wildman–Crippen MR) is 116 cm³/mol. The molecule has 2 rings (SSSR count). The van der Waals surface area contributed by atoms with Crippen LogP contribution >= 0.6 is 0 Å². The van der Waals surface area contributed by atoms with Gasteiger partial charge in [-0.3, -0.25) is 4.79 Å². The lowest BCUT2D eigenvalue weighted by molar-refractivity contribution is -0.119. The van der Waals surface area contributed by atoms with Gasteiger partial charge in [0, 0.05) is 0 Å². The van der Waals surface area contributed by atoms with Crippen molar-refractivity contribution in [3.63, 3.8) is 0 Å². The van der Waals surface area contributed by atoms with Gasteiger partial charge in [-0.15, -0.1) is 0 Å². The first-order valence-electron chi connectivity index (χ1n) is 10.3. The van der Waals surface area contributed by atoms with Gasteiger partial charge >= 0.3 is 5.97 Å². The molecule has 2 aromatic rings. The molecule has 31 heavy (non-hydrogen) atoms. The molecule has 0 unspecified atom stereocenters. The van der Waals surface area contributed by atoms with Crippen LogP contribution in [-0.4, -0.2) is 44.9 Å². The fourth-order valence-corrected chi connectivity index (χ4v) is 2.76. The second-order valence-electron chi connectivity index (χ2n) is 6.15. The zero-order chi connectivity index (χ0) is 22.6. The Kier molecular flexibility index (Phi) is 9.48. The predicted octanol–water partition coefficient (Wildman–Crippen LogP) is 4.08. The van der Waals surface area contributed by atoms with E-state index in [1.807, 2.05) is 27.7 Å². The highest BCUT2D eigenvalue weighted by Crippen LogP contribution is 2.39. The maximum atomic E-state index is 12.6. The lowest BCUT2D eigenvalue weighted by Gasteiger charge is -2.17. The van der Waals surface area contributed by atoms with Gasteiger partial charge < -0.3 is 29.0 Å². The van der Waals surface area contributed by atoms with E-state index in [1.54, 1.807) is 24.3 Å². The fourth-order valence-electron chi connectivity index (χ4n) is 2.76. The van der Waals surface area contributed by atoms with Crippen LogP contribution in [0.25, 0.3) is 0 Å². The Hall–Kier alpha value is -3.42. The van der Waals surface area contributed by atoms with E-state index in [0.717, 1.165) is 0 Å². The van der Waals surface area contributed by atoms with E-state index >= 15 is 0 Å². The number of amides is 1. The van der Waals surface area contributed by atoms with Crippen molar-refractivity contribution < 1.29 is 33.3 Å². The topological polar surface area (TPSA) is 92.3 Å². The quantitative estimate of drug-likeness (QED) is 0.506. The summed E-state index contributed by atoms with van der Waals surface area (Å²) in [4.78, 5) is 24.8. The Morgan fingerprint density at radius 2 is 1.32 bits per heavy atom. The summed E-state index contributed by atoms with van der Waals surface area (Å²) in [5, 5.41) is 2.68. The number of nitrogens with one attached hydrogen (secondary N) is 1. The molecule has 8 nitrogen and oxygen atoms in total. The van der Waals surface area contributed by atoms with Gasteiger partial charge in [0.05, 0.1) is 37.7 Å². The van der Waals surface area contributed by atoms with Gasteiger partial charge in [0.15, 0.2) is 18.1 Å². The third-order valence-corrected chi connectivity index (χ3v) is 3.94. The minimum atomic E-state index is -0.682. The van der Waals surface area contributed by atoms with Crippen LogP contribution in [0.1, 0.15) is 38.1 Å². The van der Waals surface area contributed by atoms with Crippen LogP contribution in [0.15, 0.2) is 36.4 Å². The molecule has 168 valence electrons. The van der Waals surface area contributed by atoms with Crippen molar-refractivity contribution in [3.8, 4) is 23.0 Å². The van der Waals surface area contributed by atoms with Gasteiger partial charge in [-0.25, -0.2) is 4.79 Å². The van der Waals surface area contributed by atoms with E-state index in [1.165, 1.54) is 12.1 Å². The van der Waals surface area contributed by atoms with Gasteiger partial charge in [0.2, 0.25) is 5.75 Å². The normalized spacial score (nSPS) is 10.2. The molecule has 0 fully saturated rings. The molecule has 0 aromatic heterocycles. The van der Waals surface area contributed by atoms with Crippen LogP contribution in [0.5, 0.6) is 23.0 Å². The van der Waals surface area contributed by atoms with E-state index in [-0.39, 0.29) is 5.56 Å². The number of benzene rings is 2. The number of ether oxygens (including phenoxy) is 5. The van der Waals surface area contributed by atoms with Crippen molar-refractivity contribution in [2.24, 2.45) is 0 Å². The van der Waals surface area contributed by atoms with Crippen LogP contribution in [0.4, 0.5) is 5.69 Å². The smallest absolute Gasteiger partial charge is 0.338 e. The third-order valence-electron chi connectivity index (χ3n) is 3.94. The van der Waals surface area contributed by atoms with Crippen molar-refractivity contribution in [2.75, 3.05) is 38.4 Å². The average molecular weight is 431 g/mol. The Morgan fingerprint density at radius 3 is 1.90 bits per heavy atom. The zero-order valence-corrected chi connectivity index (χ0v) is 18.4. The van der Waals surface area contributed by atoms with Gasteiger partial charge in [-0.1, -0.05) is 12.1 Å². The molecule has 0 aliphatic heterocycles. The molecule has 0 radical (unpaired) electrons. The van der Waals surface area contributed by atoms with Gasteiger partial charge in [-0.05, 0) is 52.0 Å². The number of rotatable bonds is 12. The first-order chi connectivity index (χ1) is 15.0. The molecule has 0 spiro atoms. The summed E-state index contributed by atoms with van der Waals surface area (Å²) < 4.78 is 27.5. The highest BCUT2D eigenvalue weighted by molar-refractivity contribution is 5.96. The molecule has 0 saturated carbocycles. The monoisotopic (exact) mass is 431 g/mol. The van der Waals surface area contributed by atoms with Crippen molar-refractivity contribution in [3.05, 3.63) is 42.0 Å². The summed E-state index contributed by atoms with van der Waals surface area (Å²) in [5.41, 5.74) is 0.696. The average Bonchev–Trinajstić information content (AvgIpc) is 2.76. The lowest BCUT2D eigenvalue weighted by atomic mass is 10.2. The van der Waals surface area contributed by atoms with E-state index in [4.69, 9.17) is 23.7 Å². The van der Waals surface area contributed by atoms with Crippen LogP contribution in [-0.2, 0) is 9.53 Å². The van der Waals surface area contributed by atoms with Gasteiger partial charge in [0.1, 0.15) is 5.75 Å². The highest BCUT2D eigenvalue weighted by atomic mass is 16.5. The first-order valence-corrected chi connectivity index (χ1v) is 10.3. The third kappa shape index (κ3) is 6.80. The van der Waals surface area contributed by atoms with Crippen molar-refractivity contribution in [1.82, 2.24) is 0 Å². The molecule has 0 bridgehead atoms. The van der Waals surface area contributed by atoms with Crippen LogP contribution in [0.2, 0.25) is 0 Å². The molecule has 2 aromatic carbocycles. The van der Waals surface area contributed by atoms with Gasteiger partial charge in [0.25, 0.3) is 5.91 Å². The van der Waals surface area contributed by atoms with Crippen molar-refractivity contribution >= 4 is 17.6 Å². The summed E-state index contributed by atoms with van der Waals surface area (Å²) in [5.74, 6) is 0.543. The molecule has 1 amide bonds. The summed E-state index contributed by atoms with van der Waals surface area (Å²) in [6.07, 6.45) is 0. The molecular formula is C23H29NO7. The Morgan fingerprint density at radius 1 is 0.774 bits per heavy atom. The summed E-state index contributed by atoms with van der Waals surface area (Å²) in [6, 6.07) is 10.1. The van der Waals surface area contributed by atoms with E-state index < -0.39 is 18.5 Å². The largest absolute Gasteiger partial charge is 0.492 e. The van der Waals surface area contributed by atoms with Crippen LogP contribution in [0, 0.1) is 0 Å². The molecule has 8 heteroatoms. The Balaban J connectivity index is 2.11. The van der Waals surface area contributed by atoms with Crippen LogP contribution in [0.3, 0.4) is 0 Å². The minimum absolute atomic E-state index is 0.192. The van der Waals surface area contributed by atoms with Crippen molar-refractivity contribution in [1.29, 1.82) is 0 Å². The zero-order valence-electron chi connectivity index (χ0n) is 18.4. The number of carbonyl (C=O) groups is 2. The summed E-state index contributed by atoms with van der Waals surface area (Å²) in [6.45, 7) is 8.52. The van der Waals surface area contributed by atoms with Gasteiger partial charge in [-0.2, -0.15) is 0 Å². The number of hydrogen-bond donors (Lipinski definition) is 1. The molecule has 0 heterocycles.